The van der Waals surface area contributed by atoms with Gasteiger partial charge in [-0.3, -0.25) is 4.79 Å². The topological polar surface area (TPSA) is 94.5 Å². The summed E-state index contributed by atoms with van der Waals surface area (Å²) in [6.07, 6.45) is 2.53. The van der Waals surface area contributed by atoms with Gasteiger partial charge in [0.15, 0.2) is 0 Å². The molecule has 156 valence electrons. The lowest BCUT2D eigenvalue weighted by Gasteiger charge is -2.33. The second-order valence-corrected chi connectivity index (χ2v) is 8.26. The molecule has 0 bridgehead atoms. The number of amides is 2. The highest BCUT2D eigenvalue weighted by Gasteiger charge is 2.26. The number of benzene rings is 1. The molecule has 0 atom stereocenters. The number of likely N-dealkylation sites (tertiary alicyclic amines) is 1. The zero-order valence-electron chi connectivity index (χ0n) is 17.0. The van der Waals surface area contributed by atoms with Crippen molar-refractivity contribution in [3.63, 3.8) is 0 Å². The van der Waals surface area contributed by atoms with Crippen molar-refractivity contribution in [3.8, 4) is 6.07 Å². The van der Waals surface area contributed by atoms with Crippen LogP contribution in [-0.4, -0.2) is 41.6 Å². The van der Waals surface area contributed by atoms with E-state index in [0.717, 1.165) is 5.56 Å². The van der Waals surface area contributed by atoms with E-state index in [2.05, 4.69) is 10.6 Å². The van der Waals surface area contributed by atoms with Crippen LogP contribution in [0.15, 0.2) is 36.0 Å². The van der Waals surface area contributed by atoms with Crippen molar-refractivity contribution in [2.75, 3.05) is 13.1 Å². The highest BCUT2D eigenvalue weighted by atomic mass is 35.5. The number of nitrogens with one attached hydrogen (secondary N) is 2. The Morgan fingerprint density at radius 3 is 2.55 bits per heavy atom. The minimum Gasteiger partial charge on any atom is -0.444 e. The predicted octanol–water partition coefficient (Wildman–Crippen LogP) is 3.35. The molecular weight excluding hydrogens is 392 g/mol. The average Bonchev–Trinajstić information content (AvgIpc) is 2.67. The minimum absolute atomic E-state index is 0.00775. The van der Waals surface area contributed by atoms with E-state index in [1.807, 2.05) is 45.0 Å². The van der Waals surface area contributed by atoms with E-state index in [-0.39, 0.29) is 24.3 Å². The lowest BCUT2D eigenvalue weighted by Crippen LogP contribution is -2.45. The predicted molar refractivity (Wildman–Crippen MR) is 111 cm³/mol. The van der Waals surface area contributed by atoms with Crippen molar-refractivity contribution < 1.29 is 14.3 Å². The van der Waals surface area contributed by atoms with Gasteiger partial charge in [-0.2, -0.15) is 5.26 Å². The van der Waals surface area contributed by atoms with E-state index >= 15 is 0 Å². The number of piperidine rings is 1. The quantitative estimate of drug-likeness (QED) is 0.564. The Labute approximate surface area is 176 Å². The summed E-state index contributed by atoms with van der Waals surface area (Å²) in [5.74, 6) is -0.467. The molecule has 1 aliphatic heterocycles. The van der Waals surface area contributed by atoms with Gasteiger partial charge in [-0.15, -0.1) is 0 Å². The molecule has 0 unspecified atom stereocenters. The molecule has 0 saturated carbocycles. The second kappa shape index (κ2) is 10.2. The van der Waals surface area contributed by atoms with E-state index < -0.39 is 11.5 Å². The highest BCUT2D eigenvalue weighted by Crippen LogP contribution is 2.16. The standard InChI is InChI=1S/C21H27ClN4O3/c1-21(2,3)29-20(28)26-10-8-17(9-11-26)24-14-16(12-23)19(27)25-13-15-6-4-5-7-18(15)22/h4-7,14,17,24H,8-11,13H2,1-3H3,(H,25,27)/b16-14-. The van der Waals surface area contributed by atoms with Crippen LogP contribution < -0.4 is 10.6 Å². The van der Waals surface area contributed by atoms with Crippen LogP contribution in [0, 0.1) is 11.3 Å². The summed E-state index contributed by atoms with van der Waals surface area (Å²) in [6.45, 7) is 6.87. The molecule has 2 N–H and O–H groups in total. The average molecular weight is 419 g/mol. The number of hydrogen-bond acceptors (Lipinski definition) is 5. The molecule has 0 aromatic heterocycles. The molecule has 0 spiro atoms. The molecule has 1 saturated heterocycles. The van der Waals surface area contributed by atoms with Crippen LogP contribution in [0.25, 0.3) is 0 Å². The summed E-state index contributed by atoms with van der Waals surface area (Å²) in [5.41, 5.74) is 0.252. The van der Waals surface area contributed by atoms with Gasteiger partial charge in [0.25, 0.3) is 5.91 Å². The third-order valence-electron chi connectivity index (χ3n) is 4.37. The number of carbonyl (C=O) groups excluding carboxylic acids is 2. The summed E-state index contributed by atoms with van der Waals surface area (Å²) in [5, 5.41) is 15.7. The maximum absolute atomic E-state index is 12.3. The van der Waals surface area contributed by atoms with Gasteiger partial charge in [0.2, 0.25) is 0 Å². The number of nitriles is 1. The molecular formula is C21H27ClN4O3. The zero-order valence-corrected chi connectivity index (χ0v) is 17.8. The van der Waals surface area contributed by atoms with Gasteiger partial charge >= 0.3 is 6.09 Å². The Morgan fingerprint density at radius 1 is 1.31 bits per heavy atom. The molecule has 1 heterocycles. The number of ether oxygens (including phenoxy) is 1. The van der Waals surface area contributed by atoms with E-state index in [1.165, 1.54) is 6.20 Å². The fourth-order valence-corrected chi connectivity index (χ4v) is 3.02. The van der Waals surface area contributed by atoms with Crippen LogP contribution in [0.1, 0.15) is 39.2 Å². The van der Waals surface area contributed by atoms with Gasteiger partial charge in [0.05, 0.1) is 0 Å². The lowest BCUT2D eigenvalue weighted by molar-refractivity contribution is -0.117. The van der Waals surface area contributed by atoms with E-state index in [9.17, 15) is 14.9 Å². The number of hydrogen-bond donors (Lipinski definition) is 2. The fraction of sp³-hybridized carbons (Fsp3) is 0.476. The van der Waals surface area contributed by atoms with Gasteiger partial charge in [-0.1, -0.05) is 29.8 Å². The largest absolute Gasteiger partial charge is 0.444 e. The smallest absolute Gasteiger partial charge is 0.410 e. The molecule has 1 aromatic rings. The van der Waals surface area contributed by atoms with Gasteiger partial charge in [0, 0.05) is 36.9 Å². The second-order valence-electron chi connectivity index (χ2n) is 7.85. The first kappa shape index (κ1) is 22.6. The minimum atomic E-state index is -0.520. The Morgan fingerprint density at radius 2 is 1.97 bits per heavy atom. The molecule has 8 heteroatoms. The number of nitrogens with zero attached hydrogens (tertiary/aromatic N) is 2. The normalized spacial score (nSPS) is 15.4. The molecule has 0 radical (unpaired) electrons. The third kappa shape index (κ3) is 7.31. The molecule has 7 nitrogen and oxygen atoms in total. The van der Waals surface area contributed by atoms with Crippen molar-refractivity contribution in [2.45, 2.75) is 51.8 Å². The molecule has 2 amide bonds. The van der Waals surface area contributed by atoms with Crippen molar-refractivity contribution in [1.29, 1.82) is 5.26 Å². The van der Waals surface area contributed by atoms with Crippen LogP contribution in [-0.2, 0) is 16.1 Å². The molecule has 0 aliphatic carbocycles. The van der Waals surface area contributed by atoms with Crippen LogP contribution in [0.3, 0.4) is 0 Å². The lowest BCUT2D eigenvalue weighted by atomic mass is 10.1. The van der Waals surface area contributed by atoms with Crippen LogP contribution >= 0.6 is 11.6 Å². The number of halogens is 1. The van der Waals surface area contributed by atoms with E-state index in [0.29, 0.717) is 31.0 Å². The van der Waals surface area contributed by atoms with Gasteiger partial charge in [-0.25, -0.2) is 4.79 Å². The van der Waals surface area contributed by atoms with Crippen LogP contribution in [0.5, 0.6) is 0 Å². The maximum atomic E-state index is 12.3. The molecule has 1 fully saturated rings. The third-order valence-corrected chi connectivity index (χ3v) is 4.74. The Hall–Kier alpha value is -2.72. The van der Waals surface area contributed by atoms with Gasteiger partial charge < -0.3 is 20.3 Å². The van der Waals surface area contributed by atoms with Crippen LogP contribution in [0.4, 0.5) is 4.79 Å². The van der Waals surface area contributed by atoms with Crippen molar-refractivity contribution in [1.82, 2.24) is 15.5 Å². The molecule has 1 aromatic carbocycles. The van der Waals surface area contributed by atoms with Crippen molar-refractivity contribution >= 4 is 23.6 Å². The molecule has 29 heavy (non-hydrogen) atoms. The summed E-state index contributed by atoms with van der Waals surface area (Å²) >= 11 is 6.07. The number of rotatable bonds is 5. The molecule has 2 rings (SSSR count). The maximum Gasteiger partial charge on any atom is 0.410 e. The summed E-state index contributed by atoms with van der Waals surface area (Å²) in [6, 6.07) is 9.20. The first-order valence-corrected chi connectivity index (χ1v) is 9.93. The van der Waals surface area contributed by atoms with Crippen molar-refractivity contribution in [3.05, 3.63) is 46.6 Å². The Kier molecular flexibility index (Phi) is 7.91. The van der Waals surface area contributed by atoms with Gasteiger partial charge in [-0.05, 0) is 45.2 Å². The molecule has 1 aliphatic rings. The highest BCUT2D eigenvalue weighted by molar-refractivity contribution is 6.31. The van der Waals surface area contributed by atoms with Gasteiger partial charge in [0.1, 0.15) is 17.2 Å². The SMILES string of the molecule is CC(C)(C)OC(=O)N1CCC(N/C=C(/C#N)C(=O)NCc2ccccc2Cl)CC1. The fourth-order valence-electron chi connectivity index (χ4n) is 2.82. The summed E-state index contributed by atoms with van der Waals surface area (Å²) in [7, 11) is 0. The summed E-state index contributed by atoms with van der Waals surface area (Å²) < 4.78 is 5.38. The first-order chi connectivity index (χ1) is 13.7. The van der Waals surface area contributed by atoms with E-state index in [4.69, 9.17) is 16.3 Å². The monoisotopic (exact) mass is 418 g/mol. The van der Waals surface area contributed by atoms with Crippen molar-refractivity contribution in [2.24, 2.45) is 0 Å². The summed E-state index contributed by atoms with van der Waals surface area (Å²) in [4.78, 5) is 26.0. The Bertz CT molecular complexity index is 803. The zero-order chi connectivity index (χ0) is 21.4. The van der Waals surface area contributed by atoms with E-state index in [1.54, 1.807) is 11.0 Å². The number of carbonyl (C=O) groups is 2. The first-order valence-electron chi connectivity index (χ1n) is 9.55. The van der Waals surface area contributed by atoms with Crippen LogP contribution in [0.2, 0.25) is 5.02 Å². The Balaban J connectivity index is 1.82.